The lowest BCUT2D eigenvalue weighted by atomic mass is 10.2. The summed E-state index contributed by atoms with van der Waals surface area (Å²) in [5, 5.41) is 3.69. The number of rotatable bonds is 6. The standard InChI is InChI=1S/C16H20F2N4O/c17-13-9-12-15(10-14(13)18)20-11-21-16(12)19-3-1-2-4-22-5-7-23-8-6-22/h9-11H,1-8H2,(H,19,20,21). The van der Waals surface area contributed by atoms with E-state index in [1.807, 2.05) is 0 Å². The summed E-state index contributed by atoms with van der Waals surface area (Å²) in [5.74, 6) is -1.24. The predicted molar refractivity (Wildman–Crippen MR) is 84.4 cm³/mol. The van der Waals surface area contributed by atoms with E-state index < -0.39 is 11.6 Å². The maximum atomic E-state index is 13.4. The molecule has 0 unspecified atom stereocenters. The second-order valence-electron chi connectivity index (χ2n) is 5.59. The Morgan fingerprint density at radius 2 is 1.87 bits per heavy atom. The number of hydrogen-bond donors (Lipinski definition) is 1. The molecule has 1 N–H and O–H groups in total. The number of ether oxygens (including phenoxy) is 1. The minimum absolute atomic E-state index is 0.398. The summed E-state index contributed by atoms with van der Waals surface area (Å²) in [6.07, 6.45) is 3.40. The van der Waals surface area contributed by atoms with Gasteiger partial charge in [-0.3, -0.25) is 4.90 Å². The van der Waals surface area contributed by atoms with E-state index in [0.29, 0.717) is 16.7 Å². The molecule has 1 aromatic carbocycles. The van der Waals surface area contributed by atoms with Crippen LogP contribution in [-0.2, 0) is 4.74 Å². The average molecular weight is 322 g/mol. The first-order chi connectivity index (χ1) is 11.2. The molecule has 124 valence electrons. The van der Waals surface area contributed by atoms with Crippen molar-refractivity contribution in [3.05, 3.63) is 30.1 Å². The highest BCUT2D eigenvalue weighted by Crippen LogP contribution is 2.22. The van der Waals surface area contributed by atoms with Crippen LogP contribution in [0.5, 0.6) is 0 Å². The zero-order chi connectivity index (χ0) is 16.1. The fourth-order valence-corrected chi connectivity index (χ4v) is 2.68. The Balaban J connectivity index is 1.52. The van der Waals surface area contributed by atoms with Crippen LogP contribution in [0.2, 0.25) is 0 Å². The number of halogens is 2. The summed E-state index contributed by atoms with van der Waals surface area (Å²) in [6.45, 7) is 5.40. The normalized spacial score (nSPS) is 15.9. The van der Waals surface area contributed by atoms with Crippen molar-refractivity contribution >= 4 is 16.7 Å². The molecule has 3 rings (SSSR count). The Labute approximate surface area is 133 Å². The smallest absolute Gasteiger partial charge is 0.161 e. The number of fused-ring (bicyclic) bond motifs is 1. The second-order valence-corrected chi connectivity index (χ2v) is 5.59. The molecule has 0 bridgehead atoms. The number of benzene rings is 1. The van der Waals surface area contributed by atoms with Gasteiger partial charge in [0, 0.05) is 31.1 Å². The highest BCUT2D eigenvalue weighted by atomic mass is 19.2. The minimum Gasteiger partial charge on any atom is -0.379 e. The maximum absolute atomic E-state index is 13.4. The second kappa shape index (κ2) is 7.61. The molecule has 1 aromatic heterocycles. The third kappa shape index (κ3) is 4.11. The van der Waals surface area contributed by atoms with Crippen LogP contribution in [0.4, 0.5) is 14.6 Å². The Kier molecular flexibility index (Phi) is 5.30. The first-order valence-corrected chi connectivity index (χ1v) is 7.88. The van der Waals surface area contributed by atoms with Gasteiger partial charge in [-0.25, -0.2) is 18.7 Å². The van der Waals surface area contributed by atoms with Gasteiger partial charge >= 0.3 is 0 Å². The van der Waals surface area contributed by atoms with Gasteiger partial charge in [-0.05, 0) is 25.5 Å². The third-order valence-corrected chi connectivity index (χ3v) is 3.97. The van der Waals surface area contributed by atoms with Crippen molar-refractivity contribution in [2.45, 2.75) is 12.8 Å². The molecule has 2 heterocycles. The molecular formula is C16H20F2N4O. The first kappa shape index (κ1) is 16.0. The van der Waals surface area contributed by atoms with Gasteiger partial charge in [0.05, 0.1) is 18.7 Å². The topological polar surface area (TPSA) is 50.3 Å². The average Bonchev–Trinajstić information content (AvgIpc) is 2.57. The summed E-state index contributed by atoms with van der Waals surface area (Å²) in [7, 11) is 0. The van der Waals surface area contributed by atoms with Crippen LogP contribution in [0.15, 0.2) is 18.5 Å². The molecule has 1 fully saturated rings. The van der Waals surface area contributed by atoms with Crippen LogP contribution in [0.25, 0.3) is 10.9 Å². The van der Waals surface area contributed by atoms with Gasteiger partial charge in [-0.2, -0.15) is 0 Å². The summed E-state index contributed by atoms with van der Waals surface area (Å²) in [5.41, 5.74) is 0.398. The van der Waals surface area contributed by atoms with Crippen molar-refractivity contribution in [2.24, 2.45) is 0 Å². The molecule has 7 heteroatoms. The molecule has 0 amide bonds. The molecule has 23 heavy (non-hydrogen) atoms. The van der Waals surface area contributed by atoms with Gasteiger partial charge in [0.15, 0.2) is 11.6 Å². The SMILES string of the molecule is Fc1cc2ncnc(NCCCCN3CCOCC3)c2cc1F. The number of morpholine rings is 1. The number of hydrogen-bond acceptors (Lipinski definition) is 5. The van der Waals surface area contributed by atoms with Crippen LogP contribution in [0, 0.1) is 11.6 Å². The zero-order valence-electron chi connectivity index (χ0n) is 12.9. The van der Waals surface area contributed by atoms with E-state index >= 15 is 0 Å². The van der Waals surface area contributed by atoms with Gasteiger partial charge in [-0.1, -0.05) is 0 Å². The van der Waals surface area contributed by atoms with Gasteiger partial charge in [0.25, 0.3) is 0 Å². The lowest BCUT2D eigenvalue weighted by Crippen LogP contribution is -2.36. The fraction of sp³-hybridized carbons (Fsp3) is 0.500. The first-order valence-electron chi connectivity index (χ1n) is 7.88. The fourth-order valence-electron chi connectivity index (χ4n) is 2.68. The van der Waals surface area contributed by atoms with E-state index in [1.54, 1.807) is 0 Å². The summed E-state index contributed by atoms with van der Waals surface area (Å²) < 4.78 is 32.0. The summed E-state index contributed by atoms with van der Waals surface area (Å²) in [6, 6.07) is 2.23. The molecular weight excluding hydrogens is 302 g/mol. The Morgan fingerprint density at radius 1 is 1.09 bits per heavy atom. The quantitative estimate of drug-likeness (QED) is 0.828. The number of nitrogens with zero attached hydrogens (tertiary/aromatic N) is 3. The van der Waals surface area contributed by atoms with Gasteiger partial charge in [0.2, 0.25) is 0 Å². The van der Waals surface area contributed by atoms with E-state index in [2.05, 4.69) is 20.2 Å². The summed E-state index contributed by atoms with van der Waals surface area (Å²) >= 11 is 0. The number of unbranched alkanes of at least 4 members (excludes halogenated alkanes) is 1. The van der Waals surface area contributed by atoms with Crippen LogP contribution < -0.4 is 5.32 Å². The Hall–Kier alpha value is -1.86. The molecule has 0 saturated carbocycles. The minimum atomic E-state index is -0.896. The highest BCUT2D eigenvalue weighted by molar-refractivity contribution is 5.88. The third-order valence-electron chi connectivity index (χ3n) is 3.97. The van der Waals surface area contributed by atoms with Gasteiger partial charge < -0.3 is 10.1 Å². The lowest BCUT2D eigenvalue weighted by molar-refractivity contribution is 0.0373. The largest absolute Gasteiger partial charge is 0.379 e. The van der Waals surface area contributed by atoms with Crippen molar-refractivity contribution in [3.63, 3.8) is 0 Å². The molecule has 5 nitrogen and oxygen atoms in total. The highest BCUT2D eigenvalue weighted by Gasteiger charge is 2.10. The summed E-state index contributed by atoms with van der Waals surface area (Å²) in [4.78, 5) is 10.5. The lowest BCUT2D eigenvalue weighted by Gasteiger charge is -2.26. The molecule has 1 aliphatic rings. The van der Waals surface area contributed by atoms with E-state index in [4.69, 9.17) is 4.74 Å². The molecule has 0 radical (unpaired) electrons. The molecule has 0 spiro atoms. The van der Waals surface area contributed by atoms with E-state index in [9.17, 15) is 8.78 Å². The monoisotopic (exact) mass is 322 g/mol. The van der Waals surface area contributed by atoms with E-state index in [-0.39, 0.29) is 0 Å². The molecule has 2 aromatic rings. The molecule has 0 aliphatic carbocycles. The van der Waals surface area contributed by atoms with Crippen molar-refractivity contribution in [2.75, 3.05) is 44.7 Å². The Bertz CT molecular complexity index is 662. The van der Waals surface area contributed by atoms with Crippen LogP contribution in [-0.4, -0.2) is 54.3 Å². The van der Waals surface area contributed by atoms with Crippen molar-refractivity contribution < 1.29 is 13.5 Å². The van der Waals surface area contributed by atoms with E-state index in [1.165, 1.54) is 6.33 Å². The maximum Gasteiger partial charge on any atom is 0.161 e. The number of aromatic nitrogens is 2. The van der Waals surface area contributed by atoms with Crippen molar-refractivity contribution in [3.8, 4) is 0 Å². The number of nitrogens with one attached hydrogen (secondary N) is 1. The molecule has 0 atom stereocenters. The molecule has 1 aliphatic heterocycles. The Morgan fingerprint density at radius 3 is 2.70 bits per heavy atom. The molecule has 1 saturated heterocycles. The van der Waals surface area contributed by atoms with Crippen LogP contribution >= 0.6 is 0 Å². The zero-order valence-corrected chi connectivity index (χ0v) is 12.9. The van der Waals surface area contributed by atoms with E-state index in [0.717, 1.165) is 64.4 Å². The van der Waals surface area contributed by atoms with Crippen LogP contribution in [0.1, 0.15) is 12.8 Å². The number of anilines is 1. The predicted octanol–water partition coefficient (Wildman–Crippen LogP) is 2.43. The van der Waals surface area contributed by atoms with Gasteiger partial charge in [-0.15, -0.1) is 0 Å². The van der Waals surface area contributed by atoms with Gasteiger partial charge in [0.1, 0.15) is 12.1 Å². The van der Waals surface area contributed by atoms with Crippen LogP contribution in [0.3, 0.4) is 0 Å². The van der Waals surface area contributed by atoms with Crippen molar-refractivity contribution in [1.82, 2.24) is 14.9 Å². The van der Waals surface area contributed by atoms with Crippen molar-refractivity contribution in [1.29, 1.82) is 0 Å².